The monoisotopic (exact) mass is 386 g/mol. The molecular formula is C20H19ClN2O2S. The first-order valence-electron chi connectivity index (χ1n) is 8.09. The SMILES string of the molecule is CN(c1ccccc1)S(=O)(=O)c1ccc(NCc2ccc(Cl)cc2)cc1. The lowest BCUT2D eigenvalue weighted by molar-refractivity contribution is 0.594. The molecule has 0 aliphatic carbocycles. The Labute approximate surface area is 159 Å². The van der Waals surface area contributed by atoms with Crippen LogP contribution in [-0.2, 0) is 16.6 Å². The van der Waals surface area contributed by atoms with E-state index in [1.807, 2.05) is 42.5 Å². The lowest BCUT2D eigenvalue weighted by Crippen LogP contribution is -2.26. The van der Waals surface area contributed by atoms with Crippen LogP contribution < -0.4 is 9.62 Å². The number of nitrogens with one attached hydrogen (secondary N) is 1. The third-order valence-electron chi connectivity index (χ3n) is 4.04. The highest BCUT2D eigenvalue weighted by Crippen LogP contribution is 2.23. The van der Waals surface area contributed by atoms with Crippen LogP contribution in [-0.4, -0.2) is 15.5 Å². The van der Waals surface area contributed by atoms with Crippen molar-refractivity contribution in [2.45, 2.75) is 11.4 Å². The van der Waals surface area contributed by atoms with Crippen molar-refractivity contribution in [3.8, 4) is 0 Å². The van der Waals surface area contributed by atoms with Gasteiger partial charge in [0, 0.05) is 24.3 Å². The van der Waals surface area contributed by atoms with Crippen LogP contribution >= 0.6 is 11.6 Å². The number of nitrogens with zero attached hydrogens (tertiary/aromatic N) is 1. The second-order valence-electron chi connectivity index (χ2n) is 5.81. The van der Waals surface area contributed by atoms with Crippen LogP contribution in [0.2, 0.25) is 5.02 Å². The maximum atomic E-state index is 12.7. The largest absolute Gasteiger partial charge is 0.381 e. The van der Waals surface area contributed by atoms with Gasteiger partial charge in [0.2, 0.25) is 0 Å². The Hall–Kier alpha value is -2.50. The molecule has 0 saturated heterocycles. The quantitative estimate of drug-likeness (QED) is 0.663. The van der Waals surface area contributed by atoms with E-state index in [1.54, 1.807) is 43.4 Å². The van der Waals surface area contributed by atoms with E-state index in [1.165, 1.54) is 4.31 Å². The van der Waals surface area contributed by atoms with Gasteiger partial charge < -0.3 is 5.32 Å². The summed E-state index contributed by atoms with van der Waals surface area (Å²) in [5.74, 6) is 0. The molecule has 0 aliphatic heterocycles. The number of hydrogen-bond acceptors (Lipinski definition) is 3. The molecule has 4 nitrogen and oxygen atoms in total. The smallest absolute Gasteiger partial charge is 0.264 e. The molecule has 0 atom stereocenters. The highest BCUT2D eigenvalue weighted by molar-refractivity contribution is 7.92. The Balaban J connectivity index is 1.71. The minimum atomic E-state index is -3.59. The molecule has 0 spiro atoms. The Morgan fingerprint density at radius 1 is 0.885 bits per heavy atom. The van der Waals surface area contributed by atoms with Crippen LogP contribution in [0.1, 0.15) is 5.56 Å². The molecule has 0 unspecified atom stereocenters. The average Bonchev–Trinajstić information content (AvgIpc) is 2.68. The lowest BCUT2D eigenvalue weighted by Gasteiger charge is -2.19. The molecule has 0 saturated carbocycles. The van der Waals surface area contributed by atoms with Gasteiger partial charge in [-0.15, -0.1) is 0 Å². The number of halogens is 1. The van der Waals surface area contributed by atoms with Gasteiger partial charge in [-0.2, -0.15) is 0 Å². The van der Waals surface area contributed by atoms with Gasteiger partial charge in [0.1, 0.15) is 0 Å². The Kier molecular flexibility index (Phi) is 5.49. The van der Waals surface area contributed by atoms with Crippen molar-refractivity contribution in [1.29, 1.82) is 0 Å². The summed E-state index contributed by atoms with van der Waals surface area (Å²) in [4.78, 5) is 0.251. The van der Waals surface area contributed by atoms with Crippen molar-refractivity contribution >= 4 is 33.0 Å². The van der Waals surface area contributed by atoms with Crippen LogP contribution in [0.3, 0.4) is 0 Å². The fourth-order valence-electron chi connectivity index (χ4n) is 2.49. The molecular weight excluding hydrogens is 368 g/mol. The third kappa shape index (κ3) is 4.18. The van der Waals surface area contributed by atoms with E-state index >= 15 is 0 Å². The maximum absolute atomic E-state index is 12.7. The number of para-hydroxylation sites is 1. The van der Waals surface area contributed by atoms with Crippen molar-refractivity contribution in [3.05, 3.63) is 89.4 Å². The molecule has 0 aromatic heterocycles. The summed E-state index contributed by atoms with van der Waals surface area (Å²) >= 11 is 5.88. The van der Waals surface area contributed by atoms with Gasteiger partial charge in [-0.1, -0.05) is 41.9 Å². The zero-order valence-corrected chi connectivity index (χ0v) is 15.8. The van der Waals surface area contributed by atoms with Crippen molar-refractivity contribution in [3.63, 3.8) is 0 Å². The van der Waals surface area contributed by atoms with E-state index in [0.29, 0.717) is 17.3 Å². The van der Waals surface area contributed by atoms with Gasteiger partial charge >= 0.3 is 0 Å². The van der Waals surface area contributed by atoms with E-state index in [0.717, 1.165) is 11.3 Å². The van der Waals surface area contributed by atoms with E-state index in [4.69, 9.17) is 11.6 Å². The predicted molar refractivity (Wildman–Crippen MR) is 107 cm³/mol. The fourth-order valence-corrected chi connectivity index (χ4v) is 3.81. The summed E-state index contributed by atoms with van der Waals surface area (Å²) in [6, 6.07) is 23.3. The molecule has 3 aromatic rings. The topological polar surface area (TPSA) is 49.4 Å². The summed E-state index contributed by atoms with van der Waals surface area (Å²) in [5.41, 5.74) is 2.56. The van der Waals surface area contributed by atoms with Gasteiger partial charge in [-0.3, -0.25) is 4.31 Å². The average molecular weight is 387 g/mol. The van der Waals surface area contributed by atoms with E-state index < -0.39 is 10.0 Å². The van der Waals surface area contributed by atoms with Gasteiger partial charge in [-0.05, 0) is 54.1 Å². The van der Waals surface area contributed by atoms with Crippen LogP contribution in [0, 0.1) is 0 Å². The van der Waals surface area contributed by atoms with Crippen LogP contribution in [0.4, 0.5) is 11.4 Å². The summed E-state index contributed by atoms with van der Waals surface area (Å²) in [5, 5.41) is 3.97. The van der Waals surface area contributed by atoms with Gasteiger partial charge in [0.15, 0.2) is 0 Å². The number of anilines is 2. The van der Waals surface area contributed by atoms with Crippen LogP contribution in [0.5, 0.6) is 0 Å². The standard InChI is InChI=1S/C20H19ClN2O2S/c1-23(19-5-3-2-4-6-19)26(24,25)20-13-11-18(12-14-20)22-15-16-7-9-17(21)10-8-16/h2-14,22H,15H2,1H3. The van der Waals surface area contributed by atoms with Gasteiger partial charge in [-0.25, -0.2) is 8.42 Å². The molecule has 0 aliphatic rings. The molecule has 3 aromatic carbocycles. The zero-order valence-electron chi connectivity index (χ0n) is 14.3. The van der Waals surface area contributed by atoms with Crippen molar-refractivity contribution in [2.75, 3.05) is 16.7 Å². The van der Waals surface area contributed by atoms with E-state index in [2.05, 4.69) is 5.32 Å². The lowest BCUT2D eigenvalue weighted by atomic mass is 10.2. The van der Waals surface area contributed by atoms with Crippen LogP contribution in [0.25, 0.3) is 0 Å². The summed E-state index contributed by atoms with van der Waals surface area (Å²) < 4.78 is 26.8. The molecule has 6 heteroatoms. The molecule has 0 amide bonds. The molecule has 0 radical (unpaired) electrons. The van der Waals surface area contributed by atoms with E-state index in [9.17, 15) is 8.42 Å². The molecule has 3 rings (SSSR count). The number of hydrogen-bond donors (Lipinski definition) is 1. The zero-order chi connectivity index (χ0) is 18.6. The Morgan fingerprint density at radius 3 is 2.12 bits per heavy atom. The molecule has 26 heavy (non-hydrogen) atoms. The van der Waals surface area contributed by atoms with Crippen molar-refractivity contribution in [1.82, 2.24) is 0 Å². The Bertz CT molecular complexity index is 957. The number of benzene rings is 3. The number of sulfonamides is 1. The van der Waals surface area contributed by atoms with Crippen molar-refractivity contribution in [2.24, 2.45) is 0 Å². The third-order valence-corrected chi connectivity index (χ3v) is 6.09. The highest BCUT2D eigenvalue weighted by atomic mass is 35.5. The Morgan fingerprint density at radius 2 is 1.50 bits per heavy atom. The normalized spacial score (nSPS) is 11.2. The first-order chi connectivity index (χ1) is 12.5. The first-order valence-corrected chi connectivity index (χ1v) is 9.91. The molecule has 134 valence electrons. The molecule has 0 heterocycles. The second kappa shape index (κ2) is 7.81. The fraction of sp³-hybridized carbons (Fsp3) is 0.100. The summed E-state index contributed by atoms with van der Waals surface area (Å²) in [6.07, 6.45) is 0. The van der Waals surface area contributed by atoms with E-state index in [-0.39, 0.29) is 4.90 Å². The van der Waals surface area contributed by atoms with Gasteiger partial charge in [0.25, 0.3) is 10.0 Å². The summed E-state index contributed by atoms with van der Waals surface area (Å²) in [7, 11) is -2.04. The molecule has 1 N–H and O–H groups in total. The van der Waals surface area contributed by atoms with Crippen molar-refractivity contribution < 1.29 is 8.42 Å². The summed E-state index contributed by atoms with van der Waals surface area (Å²) in [6.45, 7) is 0.632. The predicted octanol–water partition coefficient (Wildman–Crippen LogP) is 4.78. The molecule has 0 bridgehead atoms. The second-order valence-corrected chi connectivity index (χ2v) is 8.22. The maximum Gasteiger partial charge on any atom is 0.264 e. The molecule has 0 fully saturated rings. The van der Waals surface area contributed by atoms with Gasteiger partial charge in [0.05, 0.1) is 10.6 Å². The van der Waals surface area contributed by atoms with Crippen LogP contribution in [0.15, 0.2) is 83.8 Å². The first kappa shape index (κ1) is 18.3. The highest BCUT2D eigenvalue weighted by Gasteiger charge is 2.20. The minimum absolute atomic E-state index is 0.251. The minimum Gasteiger partial charge on any atom is -0.381 e. The number of rotatable bonds is 6.